The SMILES string of the molecule is COCc1cc(Br)cc2c1CCN(C(=O)OC(C)(C)C)C2. The summed E-state index contributed by atoms with van der Waals surface area (Å²) in [5, 5.41) is 0. The Labute approximate surface area is 134 Å². The molecule has 1 aromatic rings. The quantitative estimate of drug-likeness (QED) is 0.807. The van der Waals surface area contributed by atoms with Gasteiger partial charge in [0.25, 0.3) is 0 Å². The Kier molecular flexibility index (Phi) is 4.94. The third-order valence-electron chi connectivity index (χ3n) is 3.34. The fraction of sp³-hybridized carbons (Fsp3) is 0.562. The van der Waals surface area contributed by atoms with E-state index in [0.717, 1.165) is 16.5 Å². The maximum Gasteiger partial charge on any atom is 0.410 e. The van der Waals surface area contributed by atoms with E-state index >= 15 is 0 Å². The molecule has 2 rings (SSSR count). The van der Waals surface area contributed by atoms with Gasteiger partial charge >= 0.3 is 6.09 Å². The molecule has 0 radical (unpaired) electrons. The topological polar surface area (TPSA) is 38.8 Å². The zero-order valence-corrected chi connectivity index (χ0v) is 14.6. The summed E-state index contributed by atoms with van der Waals surface area (Å²) in [4.78, 5) is 13.9. The first kappa shape index (κ1) is 16.3. The van der Waals surface area contributed by atoms with E-state index in [9.17, 15) is 4.79 Å². The van der Waals surface area contributed by atoms with Crippen molar-refractivity contribution in [3.8, 4) is 0 Å². The first-order valence-electron chi connectivity index (χ1n) is 7.07. The van der Waals surface area contributed by atoms with Crippen molar-refractivity contribution in [1.29, 1.82) is 0 Å². The molecule has 1 amide bonds. The van der Waals surface area contributed by atoms with E-state index in [1.165, 1.54) is 11.1 Å². The minimum absolute atomic E-state index is 0.249. The van der Waals surface area contributed by atoms with Crippen LogP contribution in [0.2, 0.25) is 0 Å². The Hall–Kier alpha value is -1.07. The first-order chi connectivity index (χ1) is 9.80. The molecule has 116 valence electrons. The van der Waals surface area contributed by atoms with Gasteiger partial charge in [-0.15, -0.1) is 0 Å². The van der Waals surface area contributed by atoms with Crippen LogP contribution in [0.15, 0.2) is 16.6 Å². The molecule has 21 heavy (non-hydrogen) atoms. The number of benzene rings is 1. The van der Waals surface area contributed by atoms with Gasteiger partial charge in [0.15, 0.2) is 0 Å². The molecular formula is C16H22BrNO3. The van der Waals surface area contributed by atoms with Gasteiger partial charge in [-0.05, 0) is 56.0 Å². The van der Waals surface area contributed by atoms with Crippen LogP contribution in [0.3, 0.4) is 0 Å². The van der Waals surface area contributed by atoms with Crippen molar-refractivity contribution in [3.05, 3.63) is 33.3 Å². The van der Waals surface area contributed by atoms with E-state index in [4.69, 9.17) is 9.47 Å². The van der Waals surface area contributed by atoms with Crippen LogP contribution in [0, 0.1) is 0 Å². The summed E-state index contributed by atoms with van der Waals surface area (Å²) in [5.41, 5.74) is 3.18. The fourth-order valence-corrected chi connectivity index (χ4v) is 3.07. The van der Waals surface area contributed by atoms with E-state index in [2.05, 4.69) is 28.1 Å². The second kappa shape index (κ2) is 6.36. The smallest absolute Gasteiger partial charge is 0.410 e. The van der Waals surface area contributed by atoms with Crippen molar-refractivity contribution < 1.29 is 14.3 Å². The second-order valence-corrected chi connectivity index (χ2v) is 7.20. The minimum Gasteiger partial charge on any atom is -0.444 e. The summed E-state index contributed by atoms with van der Waals surface area (Å²) in [7, 11) is 1.70. The lowest BCUT2D eigenvalue weighted by Crippen LogP contribution is -2.40. The molecule has 4 nitrogen and oxygen atoms in total. The van der Waals surface area contributed by atoms with Crippen LogP contribution in [0.5, 0.6) is 0 Å². The highest BCUT2D eigenvalue weighted by Gasteiger charge is 2.26. The zero-order chi connectivity index (χ0) is 15.6. The predicted octanol–water partition coefficient (Wildman–Crippen LogP) is 3.89. The van der Waals surface area contributed by atoms with Crippen molar-refractivity contribution in [3.63, 3.8) is 0 Å². The number of carbonyl (C=O) groups excluding carboxylic acids is 1. The molecule has 1 aliphatic heterocycles. The molecule has 0 spiro atoms. The third-order valence-corrected chi connectivity index (χ3v) is 3.80. The summed E-state index contributed by atoms with van der Waals surface area (Å²) < 4.78 is 11.7. The number of carbonyl (C=O) groups is 1. The largest absolute Gasteiger partial charge is 0.444 e. The highest BCUT2D eigenvalue weighted by molar-refractivity contribution is 9.10. The Bertz CT molecular complexity index is 537. The highest BCUT2D eigenvalue weighted by atomic mass is 79.9. The number of fused-ring (bicyclic) bond motifs is 1. The summed E-state index contributed by atoms with van der Waals surface area (Å²) in [6.07, 6.45) is 0.585. The number of methoxy groups -OCH3 is 1. The molecule has 0 N–H and O–H groups in total. The first-order valence-corrected chi connectivity index (χ1v) is 7.86. The molecule has 0 fully saturated rings. The maximum atomic E-state index is 12.2. The number of nitrogens with zero attached hydrogens (tertiary/aromatic N) is 1. The van der Waals surface area contributed by atoms with Crippen LogP contribution < -0.4 is 0 Å². The zero-order valence-electron chi connectivity index (χ0n) is 13.0. The summed E-state index contributed by atoms with van der Waals surface area (Å²) in [5.74, 6) is 0. The van der Waals surface area contributed by atoms with Crippen LogP contribution in [-0.2, 0) is 29.0 Å². The molecule has 1 heterocycles. The molecule has 5 heteroatoms. The second-order valence-electron chi connectivity index (χ2n) is 6.29. The molecule has 0 bridgehead atoms. The molecule has 1 aliphatic rings. The van der Waals surface area contributed by atoms with E-state index in [-0.39, 0.29) is 6.09 Å². The molecule has 0 saturated carbocycles. The van der Waals surface area contributed by atoms with Gasteiger partial charge in [-0.2, -0.15) is 0 Å². The fourth-order valence-electron chi connectivity index (χ4n) is 2.52. The van der Waals surface area contributed by atoms with Gasteiger partial charge in [0.2, 0.25) is 0 Å². The molecule has 0 atom stereocenters. The molecular weight excluding hydrogens is 334 g/mol. The van der Waals surface area contributed by atoms with Crippen LogP contribution in [-0.4, -0.2) is 30.2 Å². The molecule has 1 aromatic carbocycles. The van der Waals surface area contributed by atoms with Gasteiger partial charge in [-0.1, -0.05) is 15.9 Å². The number of halogens is 1. The van der Waals surface area contributed by atoms with E-state index in [1.807, 2.05) is 20.8 Å². The Morgan fingerprint density at radius 3 is 2.71 bits per heavy atom. The van der Waals surface area contributed by atoms with Gasteiger partial charge < -0.3 is 14.4 Å². The van der Waals surface area contributed by atoms with E-state index in [0.29, 0.717) is 19.7 Å². The molecule has 0 saturated heterocycles. The standard InChI is InChI=1S/C16H22BrNO3/c1-16(2,3)21-15(19)18-6-5-14-11(9-18)7-13(17)8-12(14)10-20-4/h7-8H,5-6,9-10H2,1-4H3. The van der Waals surface area contributed by atoms with Crippen molar-refractivity contribution in [2.45, 2.75) is 45.9 Å². The lowest BCUT2D eigenvalue weighted by atomic mass is 9.95. The lowest BCUT2D eigenvalue weighted by molar-refractivity contribution is 0.0223. The number of ether oxygens (including phenoxy) is 2. The van der Waals surface area contributed by atoms with Crippen molar-refractivity contribution >= 4 is 22.0 Å². The number of hydrogen-bond donors (Lipinski definition) is 0. The molecule has 0 aromatic heterocycles. The molecule has 0 aliphatic carbocycles. The van der Waals surface area contributed by atoms with E-state index < -0.39 is 5.60 Å². The number of rotatable bonds is 2. The lowest BCUT2D eigenvalue weighted by Gasteiger charge is -2.32. The van der Waals surface area contributed by atoms with Gasteiger partial charge in [-0.25, -0.2) is 4.79 Å². The van der Waals surface area contributed by atoms with Crippen molar-refractivity contribution in [2.24, 2.45) is 0 Å². The normalized spacial score (nSPS) is 14.8. The van der Waals surface area contributed by atoms with Crippen LogP contribution in [0.25, 0.3) is 0 Å². The van der Waals surface area contributed by atoms with Crippen molar-refractivity contribution in [1.82, 2.24) is 4.90 Å². The predicted molar refractivity (Wildman–Crippen MR) is 85.2 cm³/mol. The minimum atomic E-state index is -0.462. The van der Waals surface area contributed by atoms with E-state index in [1.54, 1.807) is 12.0 Å². The average molecular weight is 356 g/mol. The number of hydrogen-bond acceptors (Lipinski definition) is 3. The van der Waals surface area contributed by atoms with Gasteiger partial charge in [0.1, 0.15) is 5.60 Å². The highest BCUT2D eigenvalue weighted by Crippen LogP contribution is 2.28. The maximum absolute atomic E-state index is 12.2. The van der Waals surface area contributed by atoms with Gasteiger partial charge in [0, 0.05) is 24.7 Å². The van der Waals surface area contributed by atoms with Crippen molar-refractivity contribution in [2.75, 3.05) is 13.7 Å². The van der Waals surface area contributed by atoms with Crippen LogP contribution in [0.4, 0.5) is 4.79 Å². The Morgan fingerprint density at radius 1 is 1.38 bits per heavy atom. The summed E-state index contributed by atoms with van der Waals surface area (Å²) in [6, 6.07) is 4.16. The summed E-state index contributed by atoms with van der Waals surface area (Å²) in [6.45, 7) is 7.51. The Balaban J connectivity index is 2.19. The Morgan fingerprint density at radius 2 is 2.10 bits per heavy atom. The van der Waals surface area contributed by atoms with Crippen LogP contribution >= 0.6 is 15.9 Å². The average Bonchev–Trinajstić information content (AvgIpc) is 2.36. The summed E-state index contributed by atoms with van der Waals surface area (Å²) >= 11 is 3.53. The van der Waals surface area contributed by atoms with Gasteiger partial charge in [0.05, 0.1) is 6.61 Å². The number of amides is 1. The monoisotopic (exact) mass is 355 g/mol. The van der Waals surface area contributed by atoms with Gasteiger partial charge in [-0.3, -0.25) is 0 Å². The third kappa shape index (κ3) is 4.20. The molecule has 0 unspecified atom stereocenters. The van der Waals surface area contributed by atoms with Crippen LogP contribution in [0.1, 0.15) is 37.5 Å².